The Morgan fingerprint density at radius 3 is 2.07 bits per heavy atom. The Morgan fingerprint density at radius 2 is 1.48 bits per heavy atom. The molecule has 7 bridgehead atoms. The standard InChI is InChI=1S/C47H73NO10/c1-7-9-10-11-12-13-14-15-16-17-18-22-25-34(49)58-47-35-32(28-45(52,42(56-6)40(47)50)41(35)57-43(51)31-23-20-19-21-24-31)46-33(54-4)26-27-44(30-53-3)29-48(8-2)39(46)36(47)37(55-5)38(44)46/h19-21,23-24,32-33,35-42,50,52H,7-18,22,25-30H2,1-6H3/t32-,33+,35-,36+,37+,38-,39?,40+,41-,42+,44+,45-,46+,47-/m1/s1. The summed E-state index contributed by atoms with van der Waals surface area (Å²) in [5, 5.41) is 26.1. The maximum Gasteiger partial charge on any atom is 0.338 e. The van der Waals surface area contributed by atoms with Gasteiger partial charge in [0, 0.05) is 76.0 Å². The highest BCUT2D eigenvalue weighted by Gasteiger charge is 2.91. The smallest absolute Gasteiger partial charge is 0.338 e. The lowest BCUT2D eigenvalue weighted by Crippen LogP contribution is -2.81. The first kappa shape index (κ1) is 44.0. The van der Waals surface area contributed by atoms with Crippen LogP contribution < -0.4 is 0 Å². The number of hydrogen-bond acceptors (Lipinski definition) is 11. The van der Waals surface area contributed by atoms with E-state index in [4.69, 9.17) is 28.4 Å². The van der Waals surface area contributed by atoms with E-state index in [1.807, 2.05) is 6.07 Å². The van der Waals surface area contributed by atoms with Crippen molar-refractivity contribution in [3.05, 3.63) is 35.9 Å². The first-order valence-corrected chi connectivity index (χ1v) is 22.8. The average molecular weight is 812 g/mol. The molecule has 1 heterocycles. The third kappa shape index (κ3) is 6.80. The molecule has 11 heteroatoms. The molecule has 1 aromatic carbocycles. The van der Waals surface area contributed by atoms with Gasteiger partial charge >= 0.3 is 11.9 Å². The number of esters is 2. The Hall–Kier alpha value is -2.12. The Kier molecular flexibility index (Phi) is 13.7. The van der Waals surface area contributed by atoms with Crippen LogP contribution >= 0.6 is 0 Å². The number of carbonyl (C=O) groups excluding carboxylic acids is 2. The summed E-state index contributed by atoms with van der Waals surface area (Å²) in [5.41, 5.74) is -3.96. The van der Waals surface area contributed by atoms with Crippen LogP contribution in [0.25, 0.3) is 0 Å². The molecule has 5 aliphatic carbocycles. The highest BCUT2D eigenvalue weighted by molar-refractivity contribution is 5.89. The zero-order valence-corrected chi connectivity index (χ0v) is 36.2. The van der Waals surface area contributed by atoms with Gasteiger partial charge in [-0.3, -0.25) is 9.69 Å². The number of likely N-dealkylation sites (tertiary alicyclic amines) is 1. The lowest BCUT2D eigenvalue weighted by molar-refractivity contribution is -0.318. The molecule has 5 saturated carbocycles. The van der Waals surface area contributed by atoms with Crippen molar-refractivity contribution in [2.24, 2.45) is 34.5 Å². The van der Waals surface area contributed by atoms with Crippen LogP contribution in [0.15, 0.2) is 30.3 Å². The number of ether oxygens (including phenoxy) is 6. The van der Waals surface area contributed by atoms with Gasteiger partial charge in [-0.25, -0.2) is 4.79 Å². The largest absolute Gasteiger partial charge is 0.455 e. The fraction of sp³-hybridized carbons (Fsp3) is 0.830. The van der Waals surface area contributed by atoms with E-state index in [1.54, 1.807) is 45.6 Å². The Labute approximate surface area is 347 Å². The number of rotatable bonds is 22. The van der Waals surface area contributed by atoms with Crippen LogP contribution in [0.3, 0.4) is 0 Å². The van der Waals surface area contributed by atoms with Crippen molar-refractivity contribution in [3.8, 4) is 0 Å². The van der Waals surface area contributed by atoms with Crippen molar-refractivity contribution < 1.29 is 48.2 Å². The molecule has 1 aliphatic heterocycles. The minimum absolute atomic E-state index is 0.106. The van der Waals surface area contributed by atoms with Crippen molar-refractivity contribution in [2.75, 3.05) is 48.1 Å². The van der Waals surface area contributed by atoms with Crippen LogP contribution in [-0.2, 0) is 33.2 Å². The molecule has 1 saturated heterocycles. The quantitative estimate of drug-likeness (QED) is 0.0953. The number of methoxy groups -OCH3 is 4. The topological polar surface area (TPSA) is 133 Å². The summed E-state index contributed by atoms with van der Waals surface area (Å²) in [6.45, 7) is 6.40. The number of piperidine rings is 1. The molecule has 6 aliphatic rings. The molecular formula is C47H73NO10. The molecule has 0 aromatic heterocycles. The van der Waals surface area contributed by atoms with E-state index in [9.17, 15) is 19.8 Å². The summed E-state index contributed by atoms with van der Waals surface area (Å²) < 4.78 is 39.0. The SMILES string of the molecule is CCCCCCCCCCCCCCC(=O)O[C@]12[C@H]3[C@@H](OC(=O)c4ccccc4)[C@](O)(C[C@H]3[C@@]34C5[C@@H]1[C@H](OC)[C@@H]3[C@@](COC)(CC[C@@H]4OC)CN5CC)[C@@H](OC)[C@@H]2O. The second-order valence-corrected chi connectivity index (χ2v) is 18.9. The van der Waals surface area contributed by atoms with E-state index in [2.05, 4.69) is 18.7 Å². The Balaban J connectivity index is 1.24. The molecule has 326 valence electrons. The van der Waals surface area contributed by atoms with E-state index in [0.717, 1.165) is 38.6 Å². The van der Waals surface area contributed by atoms with E-state index < -0.39 is 64.8 Å². The Bertz CT molecular complexity index is 1550. The molecular weight excluding hydrogens is 739 g/mol. The van der Waals surface area contributed by atoms with Gasteiger partial charge < -0.3 is 38.6 Å². The van der Waals surface area contributed by atoms with Gasteiger partial charge in [-0.15, -0.1) is 0 Å². The number of carbonyl (C=O) groups is 2. The lowest BCUT2D eigenvalue weighted by atomic mass is 9.43. The number of aliphatic hydroxyl groups excluding tert-OH is 1. The highest BCUT2D eigenvalue weighted by atomic mass is 16.6. The van der Waals surface area contributed by atoms with Gasteiger partial charge in [0.1, 0.15) is 23.9 Å². The average Bonchev–Trinajstić information content (AvgIpc) is 3.60. The predicted octanol–water partition coefficient (Wildman–Crippen LogP) is 6.75. The fourth-order valence-corrected chi connectivity index (χ4v) is 14.5. The minimum atomic E-state index is -1.77. The molecule has 1 spiro atoms. The third-order valence-corrected chi connectivity index (χ3v) is 16.2. The fourth-order valence-electron chi connectivity index (χ4n) is 14.5. The molecule has 0 amide bonds. The maximum atomic E-state index is 14.5. The molecule has 11 nitrogen and oxygen atoms in total. The Morgan fingerprint density at radius 1 is 0.828 bits per heavy atom. The monoisotopic (exact) mass is 812 g/mol. The van der Waals surface area contributed by atoms with Gasteiger partial charge in [-0.05, 0) is 50.3 Å². The summed E-state index contributed by atoms with van der Waals surface area (Å²) in [7, 11) is 6.73. The van der Waals surface area contributed by atoms with Gasteiger partial charge in [0.25, 0.3) is 0 Å². The predicted molar refractivity (Wildman–Crippen MR) is 219 cm³/mol. The van der Waals surface area contributed by atoms with Crippen molar-refractivity contribution in [3.63, 3.8) is 0 Å². The van der Waals surface area contributed by atoms with Gasteiger partial charge in [0.05, 0.1) is 24.4 Å². The first-order valence-electron chi connectivity index (χ1n) is 22.8. The van der Waals surface area contributed by atoms with Crippen LogP contribution in [0.1, 0.15) is 127 Å². The lowest BCUT2D eigenvalue weighted by Gasteiger charge is -2.69. The van der Waals surface area contributed by atoms with Gasteiger partial charge in [0.2, 0.25) is 0 Å². The van der Waals surface area contributed by atoms with Crippen LogP contribution in [0.5, 0.6) is 0 Å². The van der Waals surface area contributed by atoms with Gasteiger partial charge in [0.15, 0.2) is 5.60 Å². The molecule has 0 radical (unpaired) electrons. The third-order valence-electron chi connectivity index (χ3n) is 16.2. The number of fused-ring (bicyclic) bond motifs is 2. The molecule has 7 rings (SSSR count). The maximum absolute atomic E-state index is 14.5. The summed E-state index contributed by atoms with van der Waals surface area (Å²) in [6.07, 6.45) is 11.7. The summed E-state index contributed by atoms with van der Waals surface area (Å²) in [6, 6.07) is 8.56. The second-order valence-electron chi connectivity index (χ2n) is 18.9. The molecule has 1 unspecified atom stereocenters. The van der Waals surface area contributed by atoms with Crippen molar-refractivity contribution in [1.82, 2.24) is 4.90 Å². The summed E-state index contributed by atoms with van der Waals surface area (Å²) in [5.74, 6) is -2.76. The molecule has 14 atom stereocenters. The number of benzene rings is 1. The highest BCUT2D eigenvalue weighted by Crippen LogP contribution is 2.80. The number of unbranched alkanes of at least 4 members (excludes halogenated alkanes) is 11. The molecule has 2 N–H and O–H groups in total. The minimum Gasteiger partial charge on any atom is -0.455 e. The molecule has 58 heavy (non-hydrogen) atoms. The van der Waals surface area contributed by atoms with E-state index in [-0.39, 0.29) is 42.2 Å². The second kappa shape index (κ2) is 18.1. The number of nitrogens with zero attached hydrogens (tertiary/aromatic N) is 1. The van der Waals surface area contributed by atoms with Crippen LogP contribution in [0, 0.1) is 34.5 Å². The first-order chi connectivity index (χ1) is 28.1. The van der Waals surface area contributed by atoms with Gasteiger partial charge in [-0.2, -0.15) is 0 Å². The number of hydrogen-bond donors (Lipinski definition) is 2. The van der Waals surface area contributed by atoms with E-state index >= 15 is 0 Å². The van der Waals surface area contributed by atoms with Gasteiger partial charge in [-0.1, -0.05) is 103 Å². The van der Waals surface area contributed by atoms with E-state index in [0.29, 0.717) is 25.1 Å². The molecule has 6 fully saturated rings. The number of aliphatic hydroxyl groups is 2. The summed E-state index contributed by atoms with van der Waals surface area (Å²) >= 11 is 0. The van der Waals surface area contributed by atoms with Crippen molar-refractivity contribution >= 4 is 11.9 Å². The van der Waals surface area contributed by atoms with Crippen LogP contribution in [0.4, 0.5) is 0 Å². The normalized spacial score (nSPS) is 40.8. The summed E-state index contributed by atoms with van der Waals surface area (Å²) in [4.78, 5) is 31.1. The van der Waals surface area contributed by atoms with Crippen molar-refractivity contribution in [2.45, 2.75) is 164 Å². The van der Waals surface area contributed by atoms with Crippen LogP contribution in [-0.4, -0.2) is 123 Å². The van der Waals surface area contributed by atoms with Crippen molar-refractivity contribution in [1.29, 1.82) is 0 Å². The zero-order chi connectivity index (χ0) is 41.3. The van der Waals surface area contributed by atoms with Crippen LogP contribution in [0.2, 0.25) is 0 Å². The molecule has 1 aromatic rings. The zero-order valence-electron chi connectivity index (χ0n) is 36.2. The van der Waals surface area contributed by atoms with E-state index in [1.165, 1.54) is 58.5 Å².